The summed E-state index contributed by atoms with van der Waals surface area (Å²) in [4.78, 5) is 48.7. The summed E-state index contributed by atoms with van der Waals surface area (Å²) in [6.45, 7) is 4.12. The number of hydrogen-bond acceptors (Lipinski definition) is 5. The van der Waals surface area contributed by atoms with E-state index < -0.39 is 12.0 Å². The lowest BCUT2D eigenvalue weighted by atomic mass is 10.0. The molecule has 1 aliphatic rings. The lowest BCUT2D eigenvalue weighted by molar-refractivity contribution is -0.143. The highest BCUT2D eigenvalue weighted by atomic mass is 16.5. The Kier molecular flexibility index (Phi) is 6.49. The quantitative estimate of drug-likeness (QED) is 0.590. The summed E-state index contributed by atoms with van der Waals surface area (Å²) in [6, 6.07) is 5.91. The number of carbonyl (C=O) groups excluding carboxylic acids is 4. The second-order valence-electron chi connectivity index (χ2n) is 6.75. The zero-order valence-corrected chi connectivity index (χ0v) is 15.3. The number of nitrogens with zero attached hydrogens (tertiary/aromatic N) is 1. The largest absolute Gasteiger partial charge is 0.467 e. The molecule has 0 saturated carbocycles. The summed E-state index contributed by atoms with van der Waals surface area (Å²) in [5.41, 5.74) is 1.15. The Hall–Kier alpha value is -2.70. The van der Waals surface area contributed by atoms with Crippen molar-refractivity contribution in [3.8, 4) is 0 Å². The van der Waals surface area contributed by atoms with Crippen molar-refractivity contribution in [2.45, 2.75) is 45.7 Å². The normalized spacial score (nSPS) is 15.3. The van der Waals surface area contributed by atoms with Gasteiger partial charge in [0.1, 0.15) is 6.04 Å². The summed E-state index contributed by atoms with van der Waals surface area (Å²) in [5.74, 6) is -0.981. The molecule has 1 fully saturated rings. The molecule has 0 aliphatic carbocycles. The first-order chi connectivity index (χ1) is 12.3. The van der Waals surface area contributed by atoms with Crippen molar-refractivity contribution >= 4 is 23.7 Å². The van der Waals surface area contributed by atoms with E-state index in [-0.39, 0.29) is 43.0 Å². The van der Waals surface area contributed by atoms with Crippen molar-refractivity contribution in [2.75, 3.05) is 7.11 Å². The highest BCUT2D eigenvalue weighted by Crippen LogP contribution is 2.16. The smallest absolute Gasteiger partial charge is 0.328 e. The Balaban J connectivity index is 2.02. The van der Waals surface area contributed by atoms with Gasteiger partial charge in [-0.2, -0.15) is 0 Å². The number of esters is 1. The van der Waals surface area contributed by atoms with Crippen LogP contribution in [0.4, 0.5) is 0 Å². The minimum atomic E-state index is -0.702. The van der Waals surface area contributed by atoms with E-state index in [1.54, 1.807) is 24.3 Å². The molecule has 1 aromatic carbocycles. The molecule has 1 N–H and O–H groups in total. The van der Waals surface area contributed by atoms with Gasteiger partial charge in [-0.25, -0.2) is 4.79 Å². The SMILES string of the molecule is COC(=O)[C@@H](CC(C)C)NC(=O)c1ccc(CN2C(=O)CCC2=O)cc1. The predicted molar refractivity (Wildman–Crippen MR) is 94.0 cm³/mol. The van der Waals surface area contributed by atoms with E-state index in [0.717, 1.165) is 5.56 Å². The van der Waals surface area contributed by atoms with Crippen molar-refractivity contribution in [2.24, 2.45) is 5.92 Å². The van der Waals surface area contributed by atoms with Gasteiger partial charge in [0.2, 0.25) is 11.8 Å². The molecule has 1 saturated heterocycles. The predicted octanol–water partition coefficient (Wildman–Crippen LogP) is 1.65. The van der Waals surface area contributed by atoms with Gasteiger partial charge >= 0.3 is 5.97 Å². The van der Waals surface area contributed by atoms with Crippen molar-refractivity contribution in [1.82, 2.24) is 10.2 Å². The van der Waals surface area contributed by atoms with Gasteiger partial charge in [-0.05, 0) is 30.0 Å². The van der Waals surface area contributed by atoms with E-state index in [1.807, 2.05) is 13.8 Å². The van der Waals surface area contributed by atoms with Crippen LogP contribution >= 0.6 is 0 Å². The maximum absolute atomic E-state index is 12.4. The Morgan fingerprint density at radius 2 is 1.69 bits per heavy atom. The number of methoxy groups -OCH3 is 1. The number of nitrogens with one attached hydrogen (secondary N) is 1. The number of benzene rings is 1. The van der Waals surface area contributed by atoms with Crippen LogP contribution in [0.2, 0.25) is 0 Å². The van der Waals surface area contributed by atoms with Crippen LogP contribution < -0.4 is 5.32 Å². The van der Waals surface area contributed by atoms with Crippen LogP contribution in [0.3, 0.4) is 0 Å². The van der Waals surface area contributed by atoms with E-state index in [2.05, 4.69) is 5.32 Å². The second kappa shape index (κ2) is 8.60. The summed E-state index contributed by atoms with van der Waals surface area (Å²) in [5, 5.41) is 2.69. The molecule has 0 unspecified atom stereocenters. The standard InChI is InChI=1S/C19H24N2O5/c1-12(2)10-15(19(25)26-3)20-18(24)14-6-4-13(5-7-14)11-21-16(22)8-9-17(21)23/h4-7,12,15H,8-11H2,1-3H3,(H,20,24)/t15-/m1/s1. The number of hydrogen-bond donors (Lipinski definition) is 1. The zero-order valence-electron chi connectivity index (χ0n) is 15.3. The van der Waals surface area contributed by atoms with Gasteiger partial charge in [-0.3, -0.25) is 19.3 Å². The number of carbonyl (C=O) groups is 4. The first-order valence-electron chi connectivity index (χ1n) is 8.62. The van der Waals surface area contributed by atoms with Crippen LogP contribution in [0.5, 0.6) is 0 Å². The third-order valence-corrected chi connectivity index (χ3v) is 4.21. The third kappa shape index (κ3) is 4.91. The molecule has 140 valence electrons. The molecule has 7 heteroatoms. The number of likely N-dealkylation sites (tertiary alicyclic amines) is 1. The molecule has 26 heavy (non-hydrogen) atoms. The molecule has 7 nitrogen and oxygen atoms in total. The molecule has 1 atom stereocenters. The maximum Gasteiger partial charge on any atom is 0.328 e. The van der Waals surface area contributed by atoms with Gasteiger partial charge in [0.15, 0.2) is 0 Å². The molecule has 1 aliphatic heterocycles. The Labute approximate surface area is 152 Å². The van der Waals surface area contributed by atoms with E-state index in [4.69, 9.17) is 4.74 Å². The molecule has 2 rings (SSSR count). The van der Waals surface area contributed by atoms with Gasteiger partial charge in [0.05, 0.1) is 13.7 Å². The average Bonchev–Trinajstić information content (AvgIpc) is 2.92. The molecule has 0 aromatic heterocycles. The third-order valence-electron chi connectivity index (χ3n) is 4.21. The lowest BCUT2D eigenvalue weighted by Gasteiger charge is -2.18. The van der Waals surface area contributed by atoms with E-state index in [9.17, 15) is 19.2 Å². The molecule has 0 bridgehead atoms. The molecule has 1 aromatic rings. The van der Waals surface area contributed by atoms with E-state index in [1.165, 1.54) is 12.0 Å². The topological polar surface area (TPSA) is 92.8 Å². The minimum absolute atomic E-state index is 0.175. The number of imide groups is 1. The number of ether oxygens (including phenoxy) is 1. The van der Waals surface area contributed by atoms with Crippen molar-refractivity contribution in [3.63, 3.8) is 0 Å². The first kappa shape index (κ1) is 19.6. The van der Waals surface area contributed by atoms with E-state index in [0.29, 0.717) is 12.0 Å². The number of rotatable bonds is 7. The lowest BCUT2D eigenvalue weighted by Crippen LogP contribution is -2.42. The fraction of sp³-hybridized carbons (Fsp3) is 0.474. The molecule has 1 heterocycles. The Morgan fingerprint density at radius 3 is 2.19 bits per heavy atom. The van der Waals surface area contributed by atoms with Gasteiger partial charge in [-0.15, -0.1) is 0 Å². The van der Waals surface area contributed by atoms with Crippen LogP contribution in [0.25, 0.3) is 0 Å². The highest BCUT2D eigenvalue weighted by molar-refractivity contribution is 6.02. The van der Waals surface area contributed by atoms with Gasteiger partial charge < -0.3 is 10.1 Å². The second-order valence-corrected chi connectivity index (χ2v) is 6.75. The van der Waals surface area contributed by atoms with Crippen molar-refractivity contribution < 1.29 is 23.9 Å². The maximum atomic E-state index is 12.4. The van der Waals surface area contributed by atoms with Gasteiger partial charge in [0.25, 0.3) is 5.91 Å². The molecule has 0 spiro atoms. The van der Waals surface area contributed by atoms with Crippen molar-refractivity contribution in [3.05, 3.63) is 35.4 Å². The van der Waals surface area contributed by atoms with Crippen LogP contribution in [-0.2, 0) is 25.7 Å². The summed E-state index contributed by atoms with van der Waals surface area (Å²) < 4.78 is 4.74. The van der Waals surface area contributed by atoms with Crippen LogP contribution in [0.1, 0.15) is 49.0 Å². The van der Waals surface area contributed by atoms with Gasteiger partial charge in [-0.1, -0.05) is 26.0 Å². The van der Waals surface area contributed by atoms with Crippen molar-refractivity contribution in [1.29, 1.82) is 0 Å². The average molecular weight is 360 g/mol. The summed E-state index contributed by atoms with van der Waals surface area (Å²) >= 11 is 0. The molecule has 3 amide bonds. The Morgan fingerprint density at radius 1 is 1.12 bits per heavy atom. The zero-order chi connectivity index (χ0) is 19.3. The fourth-order valence-electron chi connectivity index (χ4n) is 2.81. The monoisotopic (exact) mass is 360 g/mol. The minimum Gasteiger partial charge on any atom is -0.467 e. The van der Waals surface area contributed by atoms with Crippen LogP contribution in [-0.4, -0.2) is 41.7 Å². The summed E-state index contributed by atoms with van der Waals surface area (Å²) in [7, 11) is 1.29. The molecular weight excluding hydrogens is 336 g/mol. The molecular formula is C19H24N2O5. The Bertz CT molecular complexity index is 680. The first-order valence-corrected chi connectivity index (χ1v) is 8.62. The summed E-state index contributed by atoms with van der Waals surface area (Å²) in [6.07, 6.45) is 0.990. The van der Waals surface area contributed by atoms with Crippen LogP contribution in [0, 0.1) is 5.92 Å². The highest BCUT2D eigenvalue weighted by Gasteiger charge is 2.28. The fourth-order valence-corrected chi connectivity index (χ4v) is 2.81. The number of amides is 3. The van der Waals surface area contributed by atoms with E-state index >= 15 is 0 Å². The van der Waals surface area contributed by atoms with Crippen LogP contribution in [0.15, 0.2) is 24.3 Å². The van der Waals surface area contributed by atoms with Gasteiger partial charge in [0, 0.05) is 18.4 Å². The molecule has 0 radical (unpaired) electrons.